The van der Waals surface area contributed by atoms with E-state index in [9.17, 15) is 4.79 Å². The molecule has 5 nitrogen and oxygen atoms in total. The van der Waals surface area contributed by atoms with E-state index >= 15 is 0 Å². The van der Waals surface area contributed by atoms with Crippen LogP contribution in [0, 0.1) is 3.77 Å². The molecule has 1 aliphatic carbocycles. The lowest BCUT2D eigenvalue weighted by Crippen LogP contribution is -2.07. The quantitative estimate of drug-likeness (QED) is 0.646. The van der Waals surface area contributed by atoms with Crippen molar-refractivity contribution in [1.29, 1.82) is 0 Å². The van der Waals surface area contributed by atoms with Crippen LogP contribution in [-0.4, -0.2) is 16.1 Å². The van der Waals surface area contributed by atoms with Gasteiger partial charge in [0, 0.05) is 12.0 Å². The number of hydrogen-bond acceptors (Lipinski definition) is 5. The molecular formula is C12H10IN3O2S. The Morgan fingerprint density at radius 3 is 3.00 bits per heavy atom. The smallest absolute Gasteiger partial charge is 0.250 e. The monoisotopic (exact) mass is 387 g/mol. The molecule has 0 unspecified atom stereocenters. The summed E-state index contributed by atoms with van der Waals surface area (Å²) in [7, 11) is 0. The van der Waals surface area contributed by atoms with E-state index in [0.717, 1.165) is 8.77 Å². The van der Waals surface area contributed by atoms with Gasteiger partial charge in [0.15, 0.2) is 3.77 Å². The van der Waals surface area contributed by atoms with Crippen molar-refractivity contribution in [2.45, 2.75) is 18.8 Å². The Bertz CT molecular complexity index is 630. The molecule has 19 heavy (non-hydrogen) atoms. The summed E-state index contributed by atoms with van der Waals surface area (Å²) in [4.78, 5) is 11.7. The molecule has 98 valence electrons. The minimum absolute atomic E-state index is 0.232. The van der Waals surface area contributed by atoms with Crippen LogP contribution in [0.1, 0.15) is 29.5 Å². The Kier molecular flexibility index (Phi) is 3.65. The van der Waals surface area contributed by atoms with Gasteiger partial charge in [-0.2, -0.15) is 0 Å². The van der Waals surface area contributed by atoms with Gasteiger partial charge in [0.05, 0.1) is 0 Å². The molecule has 0 atom stereocenters. The van der Waals surface area contributed by atoms with Crippen LogP contribution in [-0.2, 0) is 4.79 Å². The second-order valence-electron chi connectivity index (χ2n) is 4.18. The average Bonchev–Trinajstić information content (AvgIpc) is 3.00. The third-order valence-corrected chi connectivity index (χ3v) is 4.17. The summed E-state index contributed by atoms with van der Waals surface area (Å²) >= 11 is 3.52. The lowest BCUT2D eigenvalue weighted by molar-refractivity contribution is -0.111. The lowest BCUT2D eigenvalue weighted by atomic mass is 10.4. The van der Waals surface area contributed by atoms with Crippen molar-refractivity contribution in [2.24, 2.45) is 0 Å². The number of anilines is 1. The van der Waals surface area contributed by atoms with Gasteiger partial charge in [-0.1, -0.05) is 11.3 Å². The normalized spacial score (nSPS) is 15.0. The van der Waals surface area contributed by atoms with Gasteiger partial charge in [-0.25, -0.2) is 0 Å². The van der Waals surface area contributed by atoms with Gasteiger partial charge >= 0.3 is 0 Å². The van der Waals surface area contributed by atoms with Crippen molar-refractivity contribution < 1.29 is 9.21 Å². The maximum atomic E-state index is 11.7. The number of nitrogens with zero attached hydrogens (tertiary/aromatic N) is 2. The molecule has 2 aromatic heterocycles. The van der Waals surface area contributed by atoms with Crippen LogP contribution in [0.2, 0.25) is 0 Å². The van der Waals surface area contributed by atoms with Gasteiger partial charge in [0.2, 0.25) is 11.0 Å². The van der Waals surface area contributed by atoms with Gasteiger partial charge in [-0.15, -0.1) is 10.2 Å². The molecule has 1 N–H and O–H groups in total. The first-order chi connectivity index (χ1) is 9.20. The van der Waals surface area contributed by atoms with Crippen LogP contribution in [0.5, 0.6) is 0 Å². The Morgan fingerprint density at radius 1 is 1.47 bits per heavy atom. The summed E-state index contributed by atoms with van der Waals surface area (Å²) in [6.07, 6.45) is 5.41. The molecule has 1 saturated carbocycles. The average molecular weight is 387 g/mol. The highest BCUT2D eigenvalue weighted by atomic mass is 127. The molecule has 2 heterocycles. The molecule has 7 heteroatoms. The first kappa shape index (κ1) is 12.8. The predicted molar refractivity (Wildman–Crippen MR) is 81.0 cm³/mol. The lowest BCUT2D eigenvalue weighted by Gasteiger charge is -1.93. The standard InChI is InChI=1S/C12H10IN3O2S/c13-9-5-3-8(18-9)4-6-10(17)14-12-16-15-11(19-12)7-1-2-7/h3-7H,1-2H2,(H,14,16,17)/b6-4+. The summed E-state index contributed by atoms with van der Waals surface area (Å²) in [6.45, 7) is 0. The highest BCUT2D eigenvalue weighted by Crippen LogP contribution is 2.41. The predicted octanol–water partition coefficient (Wildman–Crippen LogP) is 3.27. The Labute approximate surface area is 127 Å². The van der Waals surface area contributed by atoms with Gasteiger partial charge in [-0.3, -0.25) is 10.1 Å². The summed E-state index contributed by atoms with van der Waals surface area (Å²) in [5.41, 5.74) is 0. The number of rotatable bonds is 4. The summed E-state index contributed by atoms with van der Waals surface area (Å²) in [6, 6.07) is 3.65. The number of nitrogens with one attached hydrogen (secondary N) is 1. The van der Waals surface area contributed by atoms with Crippen molar-refractivity contribution in [3.63, 3.8) is 0 Å². The third-order valence-electron chi connectivity index (χ3n) is 2.59. The number of aromatic nitrogens is 2. The Hall–Kier alpha value is -1.22. The SMILES string of the molecule is O=C(/C=C/c1ccc(I)o1)Nc1nnc(C2CC2)s1. The van der Waals surface area contributed by atoms with Crippen LogP contribution < -0.4 is 5.32 Å². The third kappa shape index (κ3) is 3.41. The fraction of sp³-hybridized carbons (Fsp3) is 0.250. The van der Waals surface area contributed by atoms with Crippen molar-refractivity contribution in [2.75, 3.05) is 5.32 Å². The maximum absolute atomic E-state index is 11.7. The van der Waals surface area contributed by atoms with E-state index in [1.54, 1.807) is 6.08 Å². The highest BCUT2D eigenvalue weighted by Gasteiger charge is 2.27. The van der Waals surface area contributed by atoms with E-state index in [0.29, 0.717) is 16.8 Å². The molecule has 3 rings (SSSR count). The molecule has 0 aromatic carbocycles. The van der Waals surface area contributed by atoms with Gasteiger partial charge in [0.25, 0.3) is 0 Å². The van der Waals surface area contributed by atoms with Crippen molar-refractivity contribution >= 4 is 51.0 Å². The molecule has 0 bridgehead atoms. The van der Waals surface area contributed by atoms with Gasteiger partial charge in [0.1, 0.15) is 10.8 Å². The van der Waals surface area contributed by atoms with Crippen molar-refractivity contribution in [3.8, 4) is 0 Å². The van der Waals surface area contributed by atoms with Crippen LogP contribution in [0.25, 0.3) is 6.08 Å². The van der Waals surface area contributed by atoms with Crippen LogP contribution in [0.4, 0.5) is 5.13 Å². The zero-order valence-corrected chi connectivity index (χ0v) is 12.8. The summed E-state index contributed by atoms with van der Waals surface area (Å²) in [5.74, 6) is 0.976. The second kappa shape index (κ2) is 5.41. The largest absolute Gasteiger partial charge is 0.451 e. The number of hydrogen-bond donors (Lipinski definition) is 1. The second-order valence-corrected chi connectivity index (χ2v) is 6.26. The fourth-order valence-corrected chi connectivity index (χ4v) is 2.85. The number of furan rings is 1. The van der Waals surface area contributed by atoms with Gasteiger partial charge in [-0.05, 0) is 53.6 Å². The number of carbonyl (C=O) groups is 1. The summed E-state index contributed by atoms with van der Waals surface area (Å²) < 4.78 is 6.11. The maximum Gasteiger partial charge on any atom is 0.250 e. The molecule has 1 aliphatic rings. The topological polar surface area (TPSA) is 68.0 Å². The van der Waals surface area contributed by atoms with Crippen LogP contribution in [0.15, 0.2) is 22.6 Å². The highest BCUT2D eigenvalue weighted by molar-refractivity contribution is 14.1. The number of halogens is 1. The zero-order valence-electron chi connectivity index (χ0n) is 9.80. The molecular weight excluding hydrogens is 377 g/mol. The minimum atomic E-state index is -0.232. The van der Waals surface area contributed by atoms with E-state index in [-0.39, 0.29) is 5.91 Å². The van der Waals surface area contributed by atoms with E-state index in [1.165, 1.54) is 30.3 Å². The summed E-state index contributed by atoms with van der Waals surface area (Å²) in [5, 5.41) is 12.3. The zero-order chi connectivity index (χ0) is 13.2. The van der Waals surface area contributed by atoms with Crippen molar-refractivity contribution in [3.05, 3.63) is 32.7 Å². The Morgan fingerprint density at radius 2 is 2.32 bits per heavy atom. The molecule has 0 spiro atoms. The number of amides is 1. The molecule has 1 fully saturated rings. The van der Waals surface area contributed by atoms with E-state index < -0.39 is 0 Å². The Balaban J connectivity index is 1.59. The van der Waals surface area contributed by atoms with Crippen molar-refractivity contribution in [1.82, 2.24) is 10.2 Å². The molecule has 1 amide bonds. The molecule has 0 aliphatic heterocycles. The first-order valence-electron chi connectivity index (χ1n) is 5.78. The molecule has 0 radical (unpaired) electrons. The minimum Gasteiger partial charge on any atom is -0.451 e. The van der Waals surface area contributed by atoms with E-state index in [2.05, 4.69) is 38.1 Å². The van der Waals surface area contributed by atoms with E-state index in [4.69, 9.17) is 4.42 Å². The first-order valence-corrected chi connectivity index (χ1v) is 7.68. The van der Waals surface area contributed by atoms with Crippen LogP contribution >= 0.6 is 33.9 Å². The van der Waals surface area contributed by atoms with Crippen LogP contribution in [0.3, 0.4) is 0 Å². The number of carbonyl (C=O) groups excluding carboxylic acids is 1. The van der Waals surface area contributed by atoms with Gasteiger partial charge < -0.3 is 4.42 Å². The fourth-order valence-electron chi connectivity index (χ4n) is 1.50. The van der Waals surface area contributed by atoms with E-state index in [1.807, 2.05) is 12.1 Å². The molecule has 0 saturated heterocycles. The molecule has 2 aromatic rings.